The first-order valence-electron chi connectivity index (χ1n) is 9.87. The van der Waals surface area contributed by atoms with E-state index < -0.39 is 43.8 Å². The van der Waals surface area contributed by atoms with Gasteiger partial charge in [-0.15, -0.1) is 34.5 Å². The third kappa shape index (κ3) is 3.54. The number of thiophene rings is 1. The number of esters is 1. The van der Waals surface area contributed by atoms with Crippen LogP contribution in [0.2, 0.25) is 0 Å². The SMILES string of the molecule is COC(=O)c1c(-c2ccc(C)cc2)csc1NC(=O)[C@H]1[C@@H](C(=O)O)[C@@]2(Cl)C(Cl)=C(Cl)[C@@]1(Cl)C2(Cl)Cl. The van der Waals surface area contributed by atoms with Crippen molar-refractivity contribution >= 4 is 104 Å². The van der Waals surface area contributed by atoms with Gasteiger partial charge in [0.1, 0.15) is 20.3 Å². The van der Waals surface area contributed by atoms with Crippen molar-refractivity contribution in [3.63, 3.8) is 0 Å². The maximum atomic E-state index is 13.6. The molecule has 1 fully saturated rings. The lowest BCUT2D eigenvalue weighted by atomic mass is 9.81. The molecule has 0 unspecified atom stereocenters. The fourth-order valence-electron chi connectivity index (χ4n) is 4.52. The van der Waals surface area contributed by atoms with Gasteiger partial charge in [-0.25, -0.2) is 4.79 Å². The molecule has 0 radical (unpaired) electrons. The van der Waals surface area contributed by atoms with Gasteiger partial charge in [-0.2, -0.15) is 0 Å². The molecule has 1 amide bonds. The highest BCUT2D eigenvalue weighted by molar-refractivity contribution is 7.15. The van der Waals surface area contributed by atoms with Crippen molar-refractivity contribution in [3.05, 3.63) is 50.8 Å². The van der Waals surface area contributed by atoms with Gasteiger partial charge in [-0.1, -0.05) is 76.2 Å². The predicted molar refractivity (Wildman–Crippen MR) is 139 cm³/mol. The number of anilines is 1. The molecule has 1 aromatic heterocycles. The molecule has 0 aliphatic heterocycles. The molecule has 4 rings (SSSR count). The summed E-state index contributed by atoms with van der Waals surface area (Å²) in [4.78, 5) is 34.2. The predicted octanol–water partition coefficient (Wildman–Crippen LogP) is 6.61. The van der Waals surface area contributed by atoms with E-state index >= 15 is 0 Å². The van der Waals surface area contributed by atoms with E-state index in [0.717, 1.165) is 16.9 Å². The lowest BCUT2D eigenvalue weighted by molar-refractivity contribution is -0.146. The number of methoxy groups -OCH3 is 1. The van der Waals surface area contributed by atoms with Crippen LogP contribution in [0, 0.1) is 18.8 Å². The van der Waals surface area contributed by atoms with E-state index in [0.29, 0.717) is 11.1 Å². The summed E-state index contributed by atoms with van der Waals surface area (Å²) in [5.41, 5.74) is 2.32. The van der Waals surface area contributed by atoms with Crippen LogP contribution >= 0.6 is 80.9 Å². The van der Waals surface area contributed by atoms with Gasteiger partial charge in [0.2, 0.25) is 5.91 Å². The van der Waals surface area contributed by atoms with E-state index in [1.165, 1.54) is 7.11 Å². The maximum absolute atomic E-state index is 13.6. The highest BCUT2D eigenvalue weighted by Crippen LogP contribution is 2.76. The van der Waals surface area contributed by atoms with E-state index in [1.54, 1.807) is 5.38 Å². The van der Waals surface area contributed by atoms with E-state index in [1.807, 2.05) is 31.2 Å². The van der Waals surface area contributed by atoms with Crippen LogP contribution in [-0.2, 0) is 14.3 Å². The molecule has 1 aromatic carbocycles. The third-order valence-corrected chi connectivity index (χ3v) is 11.4. The van der Waals surface area contributed by atoms with Crippen LogP contribution in [0.25, 0.3) is 11.1 Å². The summed E-state index contributed by atoms with van der Waals surface area (Å²) in [6, 6.07) is 7.38. The van der Waals surface area contributed by atoms with Gasteiger partial charge in [0.25, 0.3) is 0 Å². The Labute approximate surface area is 234 Å². The molecule has 6 nitrogen and oxygen atoms in total. The Hall–Kier alpha value is -1.19. The number of carboxylic acids is 1. The van der Waals surface area contributed by atoms with E-state index in [4.69, 9.17) is 74.3 Å². The van der Waals surface area contributed by atoms with E-state index in [-0.39, 0.29) is 20.6 Å². The van der Waals surface area contributed by atoms with Crippen LogP contribution < -0.4 is 5.32 Å². The normalized spacial score (nSPS) is 28.8. The molecule has 2 aliphatic carbocycles. The highest BCUT2D eigenvalue weighted by Gasteiger charge is 2.85. The topological polar surface area (TPSA) is 92.7 Å². The first-order valence-corrected chi connectivity index (χ1v) is 13.0. The molecule has 2 aliphatic rings. The standard InChI is InChI=1S/C22H15Cl6NO5S/c1-8-3-5-9(6-4-8)10-7-35-17(11(10)19(33)34-2)29-16(30)12-13(18(31)32)21(26)15(24)14(23)20(12,25)22(21,27)28/h3-7,12-13H,1-2H3,(H,29,30)(H,31,32)/t12-,13+,20-,21-/m1/s1. The molecule has 2 bridgehead atoms. The lowest BCUT2D eigenvalue weighted by Crippen LogP contribution is -2.47. The second-order valence-electron chi connectivity index (χ2n) is 8.12. The van der Waals surface area contributed by atoms with Crippen LogP contribution in [-0.4, -0.2) is 44.1 Å². The van der Waals surface area contributed by atoms with Gasteiger partial charge >= 0.3 is 11.9 Å². The number of aliphatic carboxylic acids is 1. The molecule has 4 atom stereocenters. The van der Waals surface area contributed by atoms with Crippen LogP contribution in [0.1, 0.15) is 15.9 Å². The second kappa shape index (κ2) is 8.98. The van der Waals surface area contributed by atoms with E-state index in [9.17, 15) is 19.5 Å². The molecule has 0 saturated heterocycles. The maximum Gasteiger partial charge on any atom is 0.341 e. The Morgan fingerprint density at radius 3 is 2.06 bits per heavy atom. The van der Waals surface area contributed by atoms with Crippen LogP contribution in [0.15, 0.2) is 39.7 Å². The molecule has 186 valence electrons. The minimum Gasteiger partial charge on any atom is -0.481 e. The number of alkyl halides is 4. The number of hydrogen-bond acceptors (Lipinski definition) is 5. The molecule has 0 spiro atoms. The molecule has 35 heavy (non-hydrogen) atoms. The number of ether oxygens (including phenoxy) is 1. The Kier molecular flexibility index (Phi) is 6.89. The smallest absolute Gasteiger partial charge is 0.341 e. The number of hydrogen-bond donors (Lipinski definition) is 2. The minimum atomic E-state index is -2.24. The number of fused-ring (bicyclic) bond motifs is 2. The number of benzene rings is 1. The summed E-state index contributed by atoms with van der Waals surface area (Å²) < 4.78 is 2.68. The van der Waals surface area contributed by atoms with Crippen LogP contribution in [0.4, 0.5) is 5.00 Å². The lowest BCUT2D eigenvalue weighted by Gasteiger charge is -2.33. The van der Waals surface area contributed by atoms with E-state index in [2.05, 4.69) is 5.32 Å². The summed E-state index contributed by atoms with van der Waals surface area (Å²) >= 11 is 39.8. The Morgan fingerprint density at radius 1 is 1.00 bits per heavy atom. The molecular formula is C22H15Cl6NO5S. The summed E-state index contributed by atoms with van der Waals surface area (Å²) in [5, 5.41) is 13.6. The Morgan fingerprint density at radius 2 is 1.54 bits per heavy atom. The number of allylic oxidation sites excluding steroid dienone is 2. The third-order valence-electron chi connectivity index (χ3n) is 6.26. The first-order chi connectivity index (χ1) is 16.2. The van der Waals surface area contributed by atoms with Crippen molar-refractivity contribution in [1.82, 2.24) is 0 Å². The number of amides is 1. The minimum absolute atomic E-state index is 0.0802. The van der Waals surface area contributed by atoms with Crippen molar-refractivity contribution in [2.24, 2.45) is 11.8 Å². The van der Waals surface area contributed by atoms with Crippen molar-refractivity contribution in [3.8, 4) is 11.1 Å². The zero-order valence-electron chi connectivity index (χ0n) is 17.8. The molecule has 1 heterocycles. The summed E-state index contributed by atoms with van der Waals surface area (Å²) in [6.07, 6.45) is 0. The molecule has 13 heteroatoms. The van der Waals surface area contributed by atoms with Crippen LogP contribution in [0.5, 0.6) is 0 Å². The molecule has 1 saturated carbocycles. The fourth-order valence-corrected chi connectivity index (χ4v) is 8.41. The number of carboxylic acid groups (broad SMARTS) is 1. The van der Waals surface area contributed by atoms with Gasteiger partial charge in [-0.3, -0.25) is 9.59 Å². The largest absolute Gasteiger partial charge is 0.481 e. The Balaban J connectivity index is 1.80. The highest BCUT2D eigenvalue weighted by atomic mass is 35.5. The number of carbonyl (C=O) groups is 3. The van der Waals surface area contributed by atoms with Gasteiger partial charge in [0.05, 0.1) is 29.0 Å². The monoisotopic (exact) mass is 615 g/mol. The number of halogens is 6. The Bertz CT molecular complexity index is 1290. The summed E-state index contributed by atoms with van der Waals surface area (Å²) in [7, 11) is 1.20. The van der Waals surface area contributed by atoms with Gasteiger partial charge < -0.3 is 15.2 Å². The summed E-state index contributed by atoms with van der Waals surface area (Å²) in [5.74, 6) is -6.50. The number of nitrogens with one attached hydrogen (secondary N) is 1. The van der Waals surface area contributed by atoms with Crippen molar-refractivity contribution in [2.45, 2.75) is 21.0 Å². The van der Waals surface area contributed by atoms with Gasteiger partial charge in [0.15, 0.2) is 4.33 Å². The molecule has 2 aromatic rings. The fraction of sp³-hybridized carbons (Fsp3) is 0.318. The van der Waals surface area contributed by atoms with Crippen molar-refractivity contribution in [1.29, 1.82) is 0 Å². The van der Waals surface area contributed by atoms with Crippen molar-refractivity contribution in [2.75, 3.05) is 12.4 Å². The average Bonchev–Trinajstić information content (AvgIpc) is 3.30. The quantitative estimate of drug-likeness (QED) is 0.291. The molecular weight excluding hydrogens is 603 g/mol. The first kappa shape index (κ1) is 26.9. The molecule has 2 N–H and O–H groups in total. The van der Waals surface area contributed by atoms with Gasteiger partial charge in [-0.05, 0) is 12.5 Å². The zero-order chi connectivity index (χ0) is 26.1. The zero-order valence-corrected chi connectivity index (χ0v) is 23.1. The van der Waals surface area contributed by atoms with Crippen molar-refractivity contribution < 1.29 is 24.2 Å². The number of carbonyl (C=O) groups excluding carboxylic acids is 2. The second-order valence-corrected chi connectivity index (χ2v) is 12.3. The average molecular weight is 618 g/mol. The summed E-state index contributed by atoms with van der Waals surface area (Å²) in [6.45, 7) is 1.92. The van der Waals surface area contributed by atoms with Crippen LogP contribution in [0.3, 0.4) is 0 Å². The number of rotatable bonds is 5. The van der Waals surface area contributed by atoms with Gasteiger partial charge in [0, 0.05) is 10.9 Å². The number of aryl methyl sites for hydroxylation is 1.